The van der Waals surface area contributed by atoms with Gasteiger partial charge in [0, 0.05) is 18.6 Å². The van der Waals surface area contributed by atoms with Crippen molar-refractivity contribution in [2.45, 2.75) is 57.5 Å². The summed E-state index contributed by atoms with van der Waals surface area (Å²) in [5, 5.41) is 7.28. The Morgan fingerprint density at radius 1 is 1.21 bits per heavy atom. The molecule has 0 aromatic heterocycles. The van der Waals surface area contributed by atoms with E-state index < -0.39 is 0 Å². The minimum absolute atomic E-state index is 0.757. The molecule has 0 aromatic carbocycles. The molecule has 0 spiro atoms. The molecule has 14 heavy (non-hydrogen) atoms. The average molecular weight is 196 g/mol. The van der Waals surface area contributed by atoms with Crippen molar-refractivity contribution >= 4 is 0 Å². The molecule has 2 aliphatic rings. The van der Waals surface area contributed by atoms with Crippen molar-refractivity contribution in [2.75, 3.05) is 13.1 Å². The van der Waals surface area contributed by atoms with Crippen LogP contribution in [0.3, 0.4) is 0 Å². The second kappa shape index (κ2) is 5.13. The summed E-state index contributed by atoms with van der Waals surface area (Å²) in [7, 11) is 0. The maximum Gasteiger partial charge on any atom is 0.0193 e. The lowest BCUT2D eigenvalue weighted by atomic mass is 9.87. The van der Waals surface area contributed by atoms with Crippen LogP contribution >= 0.6 is 0 Å². The molecule has 1 heterocycles. The van der Waals surface area contributed by atoms with Crippen molar-refractivity contribution in [3.8, 4) is 0 Å². The second-order valence-electron chi connectivity index (χ2n) is 5.17. The maximum absolute atomic E-state index is 3.73. The average Bonchev–Trinajstić information content (AvgIpc) is 2.67. The second-order valence-corrected chi connectivity index (χ2v) is 5.17. The monoisotopic (exact) mass is 196 g/mol. The van der Waals surface area contributed by atoms with Gasteiger partial charge in [-0.15, -0.1) is 0 Å². The number of nitrogens with one attached hydrogen (secondary N) is 2. The molecule has 1 saturated carbocycles. The fourth-order valence-electron chi connectivity index (χ4n) is 2.86. The molecular weight excluding hydrogens is 172 g/mol. The van der Waals surface area contributed by atoms with E-state index in [9.17, 15) is 0 Å². The molecule has 1 aliphatic heterocycles. The zero-order chi connectivity index (χ0) is 9.80. The van der Waals surface area contributed by atoms with Gasteiger partial charge in [0.1, 0.15) is 0 Å². The standard InChI is InChI=1S/C12H24N2/c1-10-4-2-5-11(8-10)14-9-12-6-3-7-13-12/h10-14H,2-9H2,1H3. The molecule has 0 radical (unpaired) electrons. The van der Waals surface area contributed by atoms with Gasteiger partial charge in [0.25, 0.3) is 0 Å². The van der Waals surface area contributed by atoms with Gasteiger partial charge in [-0.1, -0.05) is 19.8 Å². The van der Waals surface area contributed by atoms with Gasteiger partial charge in [0.15, 0.2) is 0 Å². The molecule has 0 aromatic rings. The van der Waals surface area contributed by atoms with E-state index in [1.165, 1.54) is 51.6 Å². The van der Waals surface area contributed by atoms with Crippen LogP contribution < -0.4 is 10.6 Å². The number of hydrogen-bond acceptors (Lipinski definition) is 2. The molecule has 2 heteroatoms. The molecule has 2 nitrogen and oxygen atoms in total. The third kappa shape index (κ3) is 2.96. The minimum Gasteiger partial charge on any atom is -0.313 e. The van der Waals surface area contributed by atoms with Crippen molar-refractivity contribution in [3.63, 3.8) is 0 Å². The Balaban J connectivity index is 1.64. The lowest BCUT2D eigenvalue weighted by Gasteiger charge is -2.28. The van der Waals surface area contributed by atoms with Gasteiger partial charge in [0.05, 0.1) is 0 Å². The first kappa shape index (κ1) is 10.4. The molecular formula is C12H24N2. The summed E-state index contributed by atoms with van der Waals surface area (Å²) < 4.78 is 0. The van der Waals surface area contributed by atoms with Gasteiger partial charge in [-0.25, -0.2) is 0 Å². The lowest BCUT2D eigenvalue weighted by molar-refractivity contribution is 0.295. The first-order valence-electron chi connectivity index (χ1n) is 6.31. The van der Waals surface area contributed by atoms with E-state index in [1.807, 2.05) is 0 Å². The summed E-state index contributed by atoms with van der Waals surface area (Å²) in [4.78, 5) is 0. The molecule has 82 valence electrons. The van der Waals surface area contributed by atoms with Crippen LogP contribution in [0.2, 0.25) is 0 Å². The van der Waals surface area contributed by atoms with E-state index in [4.69, 9.17) is 0 Å². The summed E-state index contributed by atoms with van der Waals surface area (Å²) in [5.41, 5.74) is 0. The normalized spacial score (nSPS) is 38.8. The zero-order valence-corrected chi connectivity index (χ0v) is 9.39. The van der Waals surface area contributed by atoms with E-state index in [0.29, 0.717) is 0 Å². The smallest absolute Gasteiger partial charge is 0.0193 e. The van der Waals surface area contributed by atoms with Crippen LogP contribution in [0.25, 0.3) is 0 Å². The predicted octanol–water partition coefficient (Wildman–Crippen LogP) is 1.91. The number of hydrogen-bond donors (Lipinski definition) is 2. The predicted molar refractivity (Wildman–Crippen MR) is 60.4 cm³/mol. The third-order valence-electron chi connectivity index (χ3n) is 3.75. The van der Waals surface area contributed by atoms with E-state index in [0.717, 1.165) is 18.0 Å². The molecule has 3 atom stereocenters. The molecule has 3 unspecified atom stereocenters. The molecule has 1 saturated heterocycles. The SMILES string of the molecule is CC1CCCC(NCC2CCCN2)C1. The third-order valence-corrected chi connectivity index (χ3v) is 3.75. The Morgan fingerprint density at radius 2 is 2.14 bits per heavy atom. The van der Waals surface area contributed by atoms with E-state index >= 15 is 0 Å². The van der Waals surface area contributed by atoms with E-state index in [-0.39, 0.29) is 0 Å². The highest BCUT2D eigenvalue weighted by molar-refractivity contribution is 4.81. The first-order valence-corrected chi connectivity index (χ1v) is 6.31. The van der Waals surface area contributed by atoms with Gasteiger partial charge in [-0.2, -0.15) is 0 Å². The van der Waals surface area contributed by atoms with Crippen LogP contribution in [0, 0.1) is 5.92 Å². The topological polar surface area (TPSA) is 24.1 Å². The Labute approximate surface area is 87.8 Å². The van der Waals surface area contributed by atoms with Crippen molar-refractivity contribution in [1.29, 1.82) is 0 Å². The van der Waals surface area contributed by atoms with Crippen LogP contribution in [0.4, 0.5) is 0 Å². The Hall–Kier alpha value is -0.0800. The largest absolute Gasteiger partial charge is 0.313 e. The molecule has 2 rings (SSSR count). The lowest BCUT2D eigenvalue weighted by Crippen LogP contribution is -2.41. The molecule has 1 aliphatic carbocycles. The summed E-state index contributed by atoms with van der Waals surface area (Å²) in [5.74, 6) is 0.942. The van der Waals surface area contributed by atoms with Crippen LogP contribution in [0.5, 0.6) is 0 Å². The van der Waals surface area contributed by atoms with E-state index in [1.54, 1.807) is 0 Å². The summed E-state index contributed by atoms with van der Waals surface area (Å²) in [6.07, 6.45) is 8.41. The van der Waals surface area contributed by atoms with Gasteiger partial charge in [-0.3, -0.25) is 0 Å². The van der Waals surface area contributed by atoms with Crippen LogP contribution in [0.1, 0.15) is 45.4 Å². The van der Waals surface area contributed by atoms with Crippen LogP contribution in [0.15, 0.2) is 0 Å². The van der Waals surface area contributed by atoms with Crippen molar-refractivity contribution in [2.24, 2.45) is 5.92 Å². The summed E-state index contributed by atoms with van der Waals surface area (Å²) in [6, 6.07) is 1.56. The van der Waals surface area contributed by atoms with Gasteiger partial charge in [0.2, 0.25) is 0 Å². The highest BCUT2D eigenvalue weighted by Crippen LogP contribution is 2.23. The summed E-state index contributed by atoms with van der Waals surface area (Å²) in [6.45, 7) is 4.81. The first-order chi connectivity index (χ1) is 6.84. The van der Waals surface area contributed by atoms with Crippen LogP contribution in [-0.2, 0) is 0 Å². The highest BCUT2D eigenvalue weighted by atomic mass is 15.0. The van der Waals surface area contributed by atoms with Gasteiger partial charge >= 0.3 is 0 Å². The molecule has 0 amide bonds. The molecule has 2 N–H and O–H groups in total. The molecule has 0 bridgehead atoms. The molecule has 2 fully saturated rings. The highest BCUT2D eigenvalue weighted by Gasteiger charge is 2.20. The van der Waals surface area contributed by atoms with Crippen molar-refractivity contribution in [1.82, 2.24) is 10.6 Å². The fourth-order valence-corrected chi connectivity index (χ4v) is 2.86. The Morgan fingerprint density at radius 3 is 2.86 bits per heavy atom. The van der Waals surface area contributed by atoms with Crippen LogP contribution in [-0.4, -0.2) is 25.2 Å². The quantitative estimate of drug-likeness (QED) is 0.720. The maximum atomic E-state index is 3.73. The zero-order valence-electron chi connectivity index (χ0n) is 9.39. The fraction of sp³-hybridized carbons (Fsp3) is 1.00. The van der Waals surface area contributed by atoms with Crippen molar-refractivity contribution in [3.05, 3.63) is 0 Å². The minimum atomic E-state index is 0.757. The Bertz CT molecular complexity index is 164. The summed E-state index contributed by atoms with van der Waals surface area (Å²) >= 11 is 0. The van der Waals surface area contributed by atoms with Gasteiger partial charge in [-0.05, 0) is 38.1 Å². The van der Waals surface area contributed by atoms with Gasteiger partial charge < -0.3 is 10.6 Å². The van der Waals surface area contributed by atoms with Crippen molar-refractivity contribution < 1.29 is 0 Å². The Kier molecular flexibility index (Phi) is 3.82. The van der Waals surface area contributed by atoms with E-state index in [2.05, 4.69) is 17.6 Å². The number of rotatable bonds is 3.